The molecule has 6 heteroatoms. The van der Waals surface area contributed by atoms with Crippen LogP contribution in [0.2, 0.25) is 0 Å². The highest BCUT2D eigenvalue weighted by Gasteiger charge is 2.11. The van der Waals surface area contributed by atoms with Gasteiger partial charge in [0.1, 0.15) is 11.5 Å². The van der Waals surface area contributed by atoms with Crippen molar-refractivity contribution in [2.75, 3.05) is 33.1 Å². The van der Waals surface area contributed by atoms with E-state index >= 15 is 0 Å². The first kappa shape index (κ1) is 18.3. The van der Waals surface area contributed by atoms with Crippen molar-refractivity contribution in [3.8, 4) is 17.6 Å². The minimum Gasteiger partial charge on any atom is -0.497 e. The molecular formula is C19H21N3O3. The fourth-order valence-electron chi connectivity index (χ4n) is 2.44. The zero-order valence-electron chi connectivity index (χ0n) is 14.6. The van der Waals surface area contributed by atoms with Crippen molar-refractivity contribution in [3.05, 3.63) is 53.6 Å². The summed E-state index contributed by atoms with van der Waals surface area (Å²) in [4.78, 5) is 14.1. The number of amides is 1. The summed E-state index contributed by atoms with van der Waals surface area (Å²) in [6.45, 7) is 0.769. The summed E-state index contributed by atoms with van der Waals surface area (Å²) in [6.07, 6.45) is 0. The highest BCUT2D eigenvalue weighted by atomic mass is 16.5. The highest BCUT2D eigenvalue weighted by molar-refractivity contribution is 5.92. The second kappa shape index (κ2) is 8.71. The predicted molar refractivity (Wildman–Crippen MR) is 95.7 cm³/mol. The molecule has 1 N–H and O–H groups in total. The molecule has 2 rings (SSSR count). The molecule has 0 heterocycles. The van der Waals surface area contributed by atoms with Crippen molar-refractivity contribution in [3.63, 3.8) is 0 Å². The van der Waals surface area contributed by atoms with Crippen LogP contribution in [0, 0.1) is 11.3 Å². The number of hydrogen-bond donors (Lipinski definition) is 1. The second-order valence-electron chi connectivity index (χ2n) is 5.59. The fraction of sp³-hybridized carbons (Fsp3) is 0.263. The third-order valence-electron chi connectivity index (χ3n) is 3.62. The molecule has 0 aliphatic rings. The summed E-state index contributed by atoms with van der Waals surface area (Å²) < 4.78 is 10.6. The number of methoxy groups -OCH3 is 2. The molecule has 6 nitrogen and oxygen atoms in total. The van der Waals surface area contributed by atoms with Gasteiger partial charge >= 0.3 is 0 Å². The van der Waals surface area contributed by atoms with Crippen LogP contribution in [0.3, 0.4) is 0 Å². The third kappa shape index (κ3) is 5.23. The molecular weight excluding hydrogens is 318 g/mol. The average molecular weight is 339 g/mol. The standard InChI is InChI=1S/C19H21N3O3/c1-22(12-15-7-8-17(24-2)10-18(15)25-3)13-19(23)21-16-6-4-5-14(9-16)11-20/h4-10H,12-13H2,1-3H3,(H,21,23). The monoisotopic (exact) mass is 339 g/mol. The van der Waals surface area contributed by atoms with Gasteiger partial charge in [0.25, 0.3) is 0 Å². The smallest absolute Gasteiger partial charge is 0.238 e. The Morgan fingerprint density at radius 1 is 1.20 bits per heavy atom. The Kier molecular flexibility index (Phi) is 6.38. The van der Waals surface area contributed by atoms with E-state index in [4.69, 9.17) is 14.7 Å². The quantitative estimate of drug-likeness (QED) is 0.839. The summed E-state index contributed by atoms with van der Waals surface area (Å²) >= 11 is 0. The molecule has 0 radical (unpaired) electrons. The van der Waals surface area contributed by atoms with Gasteiger partial charge in [-0.3, -0.25) is 9.69 Å². The lowest BCUT2D eigenvalue weighted by Crippen LogP contribution is -2.30. The lowest BCUT2D eigenvalue weighted by molar-refractivity contribution is -0.117. The van der Waals surface area contributed by atoms with Gasteiger partial charge in [-0.15, -0.1) is 0 Å². The van der Waals surface area contributed by atoms with Crippen molar-refractivity contribution < 1.29 is 14.3 Å². The van der Waals surface area contributed by atoms with Gasteiger partial charge in [-0.05, 0) is 31.3 Å². The summed E-state index contributed by atoms with van der Waals surface area (Å²) in [5, 5.41) is 11.7. The second-order valence-corrected chi connectivity index (χ2v) is 5.59. The Balaban J connectivity index is 1.96. The zero-order valence-corrected chi connectivity index (χ0v) is 14.6. The first-order valence-electron chi connectivity index (χ1n) is 7.75. The molecule has 1 amide bonds. The Morgan fingerprint density at radius 3 is 2.68 bits per heavy atom. The predicted octanol–water partition coefficient (Wildman–Crippen LogP) is 2.65. The average Bonchev–Trinajstić information content (AvgIpc) is 2.61. The molecule has 0 aliphatic heterocycles. The zero-order chi connectivity index (χ0) is 18.2. The van der Waals surface area contributed by atoms with Crippen molar-refractivity contribution in [2.24, 2.45) is 0 Å². The summed E-state index contributed by atoms with van der Waals surface area (Å²) in [5.74, 6) is 1.29. The largest absolute Gasteiger partial charge is 0.497 e. The molecule has 2 aromatic rings. The van der Waals surface area contributed by atoms with E-state index < -0.39 is 0 Å². The molecule has 0 spiro atoms. The number of ether oxygens (including phenoxy) is 2. The molecule has 0 saturated carbocycles. The van der Waals surface area contributed by atoms with Gasteiger partial charge in [0.15, 0.2) is 0 Å². The van der Waals surface area contributed by atoms with Crippen LogP contribution in [0.5, 0.6) is 11.5 Å². The number of benzene rings is 2. The maximum Gasteiger partial charge on any atom is 0.238 e. The summed E-state index contributed by atoms with van der Waals surface area (Å²) in [7, 11) is 5.06. The van der Waals surface area contributed by atoms with Crippen LogP contribution >= 0.6 is 0 Å². The van der Waals surface area contributed by atoms with Crippen LogP contribution in [0.4, 0.5) is 5.69 Å². The van der Waals surface area contributed by atoms with Crippen LogP contribution in [-0.2, 0) is 11.3 Å². The van der Waals surface area contributed by atoms with E-state index in [1.54, 1.807) is 38.5 Å². The lowest BCUT2D eigenvalue weighted by Gasteiger charge is -2.18. The number of nitrogens with one attached hydrogen (secondary N) is 1. The Hall–Kier alpha value is -3.04. The topological polar surface area (TPSA) is 74.6 Å². The molecule has 0 atom stereocenters. The number of nitrogens with zero attached hydrogens (tertiary/aromatic N) is 2. The molecule has 0 unspecified atom stereocenters. The number of nitriles is 1. The van der Waals surface area contributed by atoms with Gasteiger partial charge in [0.05, 0.1) is 32.4 Å². The van der Waals surface area contributed by atoms with Gasteiger partial charge in [0, 0.05) is 23.9 Å². The van der Waals surface area contributed by atoms with Gasteiger partial charge < -0.3 is 14.8 Å². The van der Waals surface area contributed by atoms with Crippen molar-refractivity contribution in [1.82, 2.24) is 4.90 Å². The number of rotatable bonds is 7. The highest BCUT2D eigenvalue weighted by Crippen LogP contribution is 2.25. The van der Waals surface area contributed by atoms with E-state index in [0.717, 1.165) is 11.3 Å². The third-order valence-corrected chi connectivity index (χ3v) is 3.62. The van der Waals surface area contributed by atoms with Crippen LogP contribution in [-0.4, -0.2) is 38.6 Å². The minimum absolute atomic E-state index is 0.148. The van der Waals surface area contributed by atoms with E-state index in [2.05, 4.69) is 11.4 Å². The SMILES string of the molecule is COc1ccc(CN(C)CC(=O)Nc2cccc(C#N)c2)c(OC)c1. The van der Waals surface area contributed by atoms with Crippen molar-refractivity contribution in [1.29, 1.82) is 5.26 Å². The molecule has 0 aliphatic carbocycles. The fourth-order valence-corrected chi connectivity index (χ4v) is 2.44. The lowest BCUT2D eigenvalue weighted by atomic mass is 10.1. The van der Waals surface area contributed by atoms with Gasteiger partial charge in [-0.2, -0.15) is 5.26 Å². The van der Waals surface area contributed by atoms with E-state index in [0.29, 0.717) is 23.5 Å². The van der Waals surface area contributed by atoms with Gasteiger partial charge in [-0.1, -0.05) is 12.1 Å². The number of likely N-dealkylation sites (N-methyl/N-ethyl adjacent to an activating group) is 1. The van der Waals surface area contributed by atoms with Crippen LogP contribution < -0.4 is 14.8 Å². The Labute approximate surface area is 147 Å². The normalized spacial score (nSPS) is 10.2. The van der Waals surface area contributed by atoms with Crippen molar-refractivity contribution >= 4 is 11.6 Å². The maximum atomic E-state index is 12.2. The van der Waals surface area contributed by atoms with Gasteiger partial charge in [0.2, 0.25) is 5.91 Å². The number of carbonyl (C=O) groups excluding carboxylic acids is 1. The number of anilines is 1. The molecule has 0 saturated heterocycles. The van der Waals surface area contributed by atoms with Crippen LogP contribution in [0.1, 0.15) is 11.1 Å². The first-order chi connectivity index (χ1) is 12.0. The van der Waals surface area contributed by atoms with E-state index in [-0.39, 0.29) is 12.5 Å². The summed E-state index contributed by atoms with van der Waals surface area (Å²) in [6, 6.07) is 14.5. The molecule has 0 fully saturated rings. The number of hydrogen-bond acceptors (Lipinski definition) is 5. The Bertz CT molecular complexity index is 784. The van der Waals surface area contributed by atoms with Crippen LogP contribution in [0.25, 0.3) is 0 Å². The van der Waals surface area contributed by atoms with E-state index in [1.165, 1.54) is 0 Å². The van der Waals surface area contributed by atoms with E-state index in [1.807, 2.05) is 30.1 Å². The summed E-state index contributed by atoms with van der Waals surface area (Å²) in [5.41, 5.74) is 2.08. The first-order valence-corrected chi connectivity index (χ1v) is 7.75. The minimum atomic E-state index is -0.148. The maximum absolute atomic E-state index is 12.2. The molecule has 0 aromatic heterocycles. The van der Waals surface area contributed by atoms with Crippen molar-refractivity contribution in [2.45, 2.75) is 6.54 Å². The molecule has 25 heavy (non-hydrogen) atoms. The van der Waals surface area contributed by atoms with Gasteiger partial charge in [-0.25, -0.2) is 0 Å². The molecule has 130 valence electrons. The number of carbonyl (C=O) groups is 1. The van der Waals surface area contributed by atoms with Crippen LogP contribution in [0.15, 0.2) is 42.5 Å². The van der Waals surface area contributed by atoms with E-state index in [9.17, 15) is 4.79 Å². The molecule has 2 aromatic carbocycles. The molecule has 0 bridgehead atoms. The Morgan fingerprint density at radius 2 is 2.00 bits per heavy atom.